The third-order valence-electron chi connectivity index (χ3n) is 2.68. The molecule has 0 bridgehead atoms. The summed E-state index contributed by atoms with van der Waals surface area (Å²) < 4.78 is 2.07. The number of hydrogen-bond donors (Lipinski definition) is 0. The highest BCUT2D eigenvalue weighted by Crippen LogP contribution is 2.20. The van der Waals surface area contributed by atoms with Gasteiger partial charge in [0.25, 0.3) is 0 Å². The number of alkyl halides is 1. The minimum absolute atomic E-state index is 0.254. The fourth-order valence-corrected chi connectivity index (χ4v) is 2.54. The lowest BCUT2D eigenvalue weighted by Crippen LogP contribution is -2.13. The van der Waals surface area contributed by atoms with Gasteiger partial charge in [0.2, 0.25) is 0 Å². The smallest absolute Gasteiger partial charge is 0.193 e. The van der Waals surface area contributed by atoms with Crippen LogP contribution < -0.4 is 0 Å². The van der Waals surface area contributed by atoms with E-state index in [1.165, 1.54) is 0 Å². The Morgan fingerprint density at radius 2 is 2.40 bits per heavy atom. The maximum absolute atomic E-state index is 6.21. The van der Waals surface area contributed by atoms with Crippen molar-refractivity contribution in [2.45, 2.75) is 32.1 Å². The van der Waals surface area contributed by atoms with E-state index in [0.717, 1.165) is 23.5 Å². The van der Waals surface area contributed by atoms with E-state index in [0.29, 0.717) is 5.92 Å². The monoisotopic (exact) mass is 242 g/mol. The van der Waals surface area contributed by atoms with Crippen LogP contribution in [0.2, 0.25) is 0 Å². The second kappa shape index (κ2) is 4.54. The Balaban J connectivity index is 2.09. The molecular formula is C11H15ClN2S. The van der Waals surface area contributed by atoms with Crippen molar-refractivity contribution in [3.8, 4) is 0 Å². The summed E-state index contributed by atoms with van der Waals surface area (Å²) in [5.74, 6) is 0.487. The molecule has 0 aliphatic carbocycles. The molecular weight excluding hydrogens is 228 g/mol. The zero-order chi connectivity index (χ0) is 10.8. The molecule has 2 aromatic heterocycles. The van der Waals surface area contributed by atoms with Crippen molar-refractivity contribution in [2.75, 3.05) is 0 Å². The van der Waals surface area contributed by atoms with Crippen LogP contribution in [0.3, 0.4) is 0 Å². The van der Waals surface area contributed by atoms with Gasteiger partial charge in [0.1, 0.15) is 0 Å². The first kappa shape index (κ1) is 11.0. The summed E-state index contributed by atoms with van der Waals surface area (Å²) in [6, 6.07) is 0. The molecule has 0 aliphatic rings. The van der Waals surface area contributed by atoms with Gasteiger partial charge in [0.05, 0.1) is 5.69 Å². The van der Waals surface area contributed by atoms with Gasteiger partial charge in [0.15, 0.2) is 4.96 Å². The number of aromatic nitrogens is 2. The van der Waals surface area contributed by atoms with E-state index in [4.69, 9.17) is 11.6 Å². The number of thiazole rings is 1. The molecule has 0 spiro atoms. The zero-order valence-electron chi connectivity index (χ0n) is 8.98. The van der Waals surface area contributed by atoms with Gasteiger partial charge in [-0.1, -0.05) is 13.8 Å². The van der Waals surface area contributed by atoms with Crippen LogP contribution in [0.25, 0.3) is 4.96 Å². The molecule has 2 atom stereocenters. The molecule has 0 N–H and O–H groups in total. The SMILES string of the molecule is CCC(Cl)C(C)Cc1cn2ccsc2n1. The highest BCUT2D eigenvalue weighted by Gasteiger charge is 2.14. The average molecular weight is 243 g/mol. The van der Waals surface area contributed by atoms with E-state index in [9.17, 15) is 0 Å². The quantitative estimate of drug-likeness (QED) is 0.749. The zero-order valence-corrected chi connectivity index (χ0v) is 10.6. The summed E-state index contributed by atoms with van der Waals surface area (Å²) in [7, 11) is 0. The van der Waals surface area contributed by atoms with Crippen molar-refractivity contribution in [1.82, 2.24) is 9.38 Å². The third-order valence-corrected chi connectivity index (χ3v) is 4.19. The third kappa shape index (κ3) is 2.34. The fourth-order valence-electron chi connectivity index (χ4n) is 1.73. The van der Waals surface area contributed by atoms with Gasteiger partial charge in [-0.05, 0) is 18.8 Å². The highest BCUT2D eigenvalue weighted by atomic mass is 35.5. The Bertz CT molecular complexity index is 406. The number of imidazole rings is 1. The second-order valence-corrected chi connectivity index (χ2v) is 5.36. The van der Waals surface area contributed by atoms with Crippen molar-refractivity contribution in [1.29, 1.82) is 0 Å². The molecule has 2 heterocycles. The van der Waals surface area contributed by atoms with Crippen molar-refractivity contribution in [2.24, 2.45) is 5.92 Å². The van der Waals surface area contributed by atoms with Gasteiger partial charge in [-0.15, -0.1) is 22.9 Å². The Morgan fingerprint density at radius 3 is 3.07 bits per heavy atom. The van der Waals surface area contributed by atoms with Crippen molar-refractivity contribution in [3.63, 3.8) is 0 Å². The van der Waals surface area contributed by atoms with Crippen LogP contribution in [0, 0.1) is 5.92 Å². The average Bonchev–Trinajstić information content (AvgIpc) is 2.76. The van der Waals surface area contributed by atoms with E-state index in [1.807, 2.05) is 11.6 Å². The number of nitrogens with zero attached hydrogens (tertiary/aromatic N) is 2. The van der Waals surface area contributed by atoms with Crippen LogP contribution in [0.4, 0.5) is 0 Å². The molecule has 0 aliphatic heterocycles. The second-order valence-electron chi connectivity index (χ2n) is 3.93. The van der Waals surface area contributed by atoms with Crippen LogP contribution in [0.5, 0.6) is 0 Å². The van der Waals surface area contributed by atoms with Gasteiger partial charge in [0, 0.05) is 23.2 Å². The van der Waals surface area contributed by atoms with E-state index in [2.05, 4.69) is 29.4 Å². The summed E-state index contributed by atoms with van der Waals surface area (Å²) >= 11 is 7.87. The molecule has 4 heteroatoms. The van der Waals surface area contributed by atoms with E-state index >= 15 is 0 Å². The molecule has 0 aromatic carbocycles. The first-order chi connectivity index (χ1) is 7.20. The Labute approximate surface area is 98.9 Å². The normalized spacial score (nSPS) is 15.7. The first-order valence-corrected chi connectivity index (χ1v) is 6.57. The molecule has 2 nitrogen and oxygen atoms in total. The molecule has 82 valence electrons. The molecule has 0 saturated heterocycles. The van der Waals surface area contributed by atoms with Crippen LogP contribution in [-0.4, -0.2) is 14.8 Å². The number of rotatable bonds is 4. The first-order valence-electron chi connectivity index (χ1n) is 5.26. The van der Waals surface area contributed by atoms with E-state index in [-0.39, 0.29) is 5.38 Å². The fraction of sp³-hybridized carbons (Fsp3) is 0.545. The largest absolute Gasteiger partial charge is 0.297 e. The molecule has 0 saturated carbocycles. The standard InChI is InChI=1S/C11H15ClN2S/c1-3-10(12)8(2)6-9-7-14-4-5-15-11(14)13-9/h4-5,7-8,10H,3,6H2,1-2H3. The molecule has 2 aromatic rings. The van der Waals surface area contributed by atoms with Crippen LogP contribution in [0.1, 0.15) is 26.0 Å². The highest BCUT2D eigenvalue weighted by molar-refractivity contribution is 7.15. The Kier molecular flexibility index (Phi) is 3.32. The summed E-state index contributed by atoms with van der Waals surface area (Å²) in [6.45, 7) is 4.31. The summed E-state index contributed by atoms with van der Waals surface area (Å²) in [4.78, 5) is 5.62. The maximum Gasteiger partial charge on any atom is 0.193 e. The predicted octanol–water partition coefficient (Wildman–Crippen LogP) is 3.59. The lowest BCUT2D eigenvalue weighted by molar-refractivity contribution is 0.526. The molecule has 0 amide bonds. The lowest BCUT2D eigenvalue weighted by atomic mass is 10.0. The number of hydrogen-bond acceptors (Lipinski definition) is 2. The number of fused-ring (bicyclic) bond motifs is 1. The molecule has 2 unspecified atom stereocenters. The van der Waals surface area contributed by atoms with Crippen LogP contribution >= 0.6 is 22.9 Å². The van der Waals surface area contributed by atoms with Crippen molar-refractivity contribution >= 4 is 27.9 Å². The topological polar surface area (TPSA) is 17.3 Å². The van der Waals surface area contributed by atoms with Gasteiger partial charge in [-0.2, -0.15) is 0 Å². The van der Waals surface area contributed by atoms with Crippen LogP contribution in [0.15, 0.2) is 17.8 Å². The Morgan fingerprint density at radius 1 is 1.60 bits per heavy atom. The number of halogens is 1. The van der Waals surface area contributed by atoms with E-state index in [1.54, 1.807) is 11.3 Å². The minimum Gasteiger partial charge on any atom is -0.297 e. The molecule has 2 rings (SSSR count). The lowest BCUT2D eigenvalue weighted by Gasteiger charge is -2.14. The van der Waals surface area contributed by atoms with Gasteiger partial charge < -0.3 is 0 Å². The summed E-state index contributed by atoms with van der Waals surface area (Å²) in [6.07, 6.45) is 6.13. The van der Waals surface area contributed by atoms with Crippen LogP contribution in [-0.2, 0) is 6.42 Å². The summed E-state index contributed by atoms with van der Waals surface area (Å²) in [5.41, 5.74) is 1.15. The van der Waals surface area contributed by atoms with Gasteiger partial charge in [-0.25, -0.2) is 4.98 Å². The summed E-state index contributed by atoms with van der Waals surface area (Å²) in [5, 5.41) is 2.30. The Hall–Kier alpha value is -0.540. The molecule has 0 fully saturated rings. The molecule has 15 heavy (non-hydrogen) atoms. The minimum atomic E-state index is 0.254. The van der Waals surface area contributed by atoms with Crippen molar-refractivity contribution < 1.29 is 0 Å². The van der Waals surface area contributed by atoms with Gasteiger partial charge in [-0.3, -0.25) is 4.40 Å². The van der Waals surface area contributed by atoms with Crippen molar-refractivity contribution in [3.05, 3.63) is 23.5 Å². The predicted molar refractivity (Wildman–Crippen MR) is 65.9 cm³/mol. The maximum atomic E-state index is 6.21. The molecule has 0 radical (unpaired) electrons. The van der Waals surface area contributed by atoms with Gasteiger partial charge >= 0.3 is 0 Å². The van der Waals surface area contributed by atoms with E-state index < -0.39 is 0 Å².